The summed E-state index contributed by atoms with van der Waals surface area (Å²) in [7, 11) is 0. The molecule has 2 saturated heterocycles. The quantitative estimate of drug-likeness (QED) is 0.272. The fourth-order valence-corrected chi connectivity index (χ4v) is 5.71. The molecule has 2 N–H and O–H groups in total. The van der Waals surface area contributed by atoms with Crippen molar-refractivity contribution in [2.75, 3.05) is 19.7 Å². The number of likely N-dealkylation sites (tertiary alicyclic amines) is 1. The van der Waals surface area contributed by atoms with E-state index < -0.39 is 0 Å². The Bertz CT molecular complexity index is 1460. The Balaban J connectivity index is 1.27. The van der Waals surface area contributed by atoms with Gasteiger partial charge in [-0.3, -0.25) is 9.97 Å². The van der Waals surface area contributed by atoms with Gasteiger partial charge in [0.05, 0.1) is 12.3 Å². The van der Waals surface area contributed by atoms with Crippen LogP contribution in [0.5, 0.6) is 0 Å². The predicted molar refractivity (Wildman–Crippen MR) is 152 cm³/mol. The van der Waals surface area contributed by atoms with Crippen molar-refractivity contribution in [3.63, 3.8) is 0 Å². The molecular weight excluding hydrogens is 496 g/mol. The SMILES string of the molecule is N=C(/N=C(\c1ccc(-c2cccc3cccc(Cl)c23)nc1)N1CC2CCC(C1)N2)OCCc1cccnc1. The molecule has 0 aliphatic carbocycles. The Morgan fingerprint density at radius 3 is 2.58 bits per heavy atom. The van der Waals surface area contributed by atoms with Crippen molar-refractivity contribution in [1.29, 1.82) is 5.41 Å². The van der Waals surface area contributed by atoms with Crippen molar-refractivity contribution in [1.82, 2.24) is 20.2 Å². The average molecular weight is 525 g/mol. The highest BCUT2D eigenvalue weighted by atomic mass is 35.5. The normalized spacial score (nSPS) is 19.1. The van der Waals surface area contributed by atoms with Crippen LogP contribution in [0.25, 0.3) is 22.0 Å². The summed E-state index contributed by atoms with van der Waals surface area (Å²) in [5.74, 6) is 0.727. The minimum atomic E-state index is -0.0975. The third-order valence-electron chi connectivity index (χ3n) is 7.23. The van der Waals surface area contributed by atoms with E-state index in [1.165, 1.54) is 0 Å². The second-order valence-electron chi connectivity index (χ2n) is 9.82. The lowest BCUT2D eigenvalue weighted by Crippen LogP contribution is -2.53. The molecule has 192 valence electrons. The van der Waals surface area contributed by atoms with Crippen LogP contribution in [0.4, 0.5) is 0 Å². The Morgan fingerprint density at radius 2 is 1.84 bits per heavy atom. The lowest BCUT2D eigenvalue weighted by molar-refractivity contribution is 0.284. The van der Waals surface area contributed by atoms with E-state index >= 15 is 0 Å². The van der Waals surface area contributed by atoms with E-state index in [-0.39, 0.29) is 6.02 Å². The molecule has 4 heterocycles. The van der Waals surface area contributed by atoms with Gasteiger partial charge in [-0.25, -0.2) is 5.41 Å². The zero-order valence-electron chi connectivity index (χ0n) is 21.0. The second-order valence-corrected chi connectivity index (χ2v) is 10.2. The molecule has 2 unspecified atom stereocenters. The maximum absolute atomic E-state index is 8.46. The van der Waals surface area contributed by atoms with Crippen LogP contribution in [0.2, 0.25) is 5.02 Å². The van der Waals surface area contributed by atoms with Gasteiger partial charge in [0.25, 0.3) is 0 Å². The van der Waals surface area contributed by atoms with Crippen LogP contribution in [-0.2, 0) is 11.2 Å². The first-order chi connectivity index (χ1) is 18.6. The van der Waals surface area contributed by atoms with Gasteiger partial charge in [-0.05, 0) is 48.1 Å². The molecule has 2 aromatic heterocycles. The third-order valence-corrected chi connectivity index (χ3v) is 7.54. The van der Waals surface area contributed by atoms with Crippen molar-refractivity contribution in [3.8, 4) is 11.3 Å². The Kier molecular flexibility index (Phi) is 7.03. The molecule has 2 aromatic carbocycles. The fraction of sp³-hybridized carbons (Fsp3) is 0.267. The molecule has 2 aliphatic rings. The number of pyridine rings is 2. The van der Waals surface area contributed by atoms with Crippen LogP contribution in [-0.4, -0.2) is 58.5 Å². The first kappa shape index (κ1) is 24.5. The van der Waals surface area contributed by atoms with E-state index in [2.05, 4.69) is 32.3 Å². The Morgan fingerprint density at radius 1 is 1.03 bits per heavy atom. The highest BCUT2D eigenvalue weighted by Gasteiger charge is 2.34. The van der Waals surface area contributed by atoms with Gasteiger partial charge >= 0.3 is 6.02 Å². The van der Waals surface area contributed by atoms with Crippen molar-refractivity contribution >= 4 is 34.2 Å². The first-order valence-corrected chi connectivity index (χ1v) is 13.4. The lowest BCUT2D eigenvalue weighted by Gasteiger charge is -2.35. The summed E-state index contributed by atoms with van der Waals surface area (Å²) in [6.07, 6.45) is 8.39. The molecule has 6 rings (SSSR count). The topological polar surface area (TPSA) is 86.5 Å². The van der Waals surface area contributed by atoms with Crippen molar-refractivity contribution < 1.29 is 4.74 Å². The van der Waals surface area contributed by atoms with Crippen LogP contribution in [0, 0.1) is 5.41 Å². The van der Waals surface area contributed by atoms with Gasteiger partial charge in [0.15, 0.2) is 0 Å². The lowest BCUT2D eigenvalue weighted by atomic mass is 10.0. The van der Waals surface area contributed by atoms with Crippen molar-refractivity contribution in [2.45, 2.75) is 31.3 Å². The number of hydrogen-bond acceptors (Lipinski definition) is 5. The number of nitrogens with one attached hydrogen (secondary N) is 2. The number of rotatable bonds is 5. The number of nitrogens with zero attached hydrogens (tertiary/aromatic N) is 4. The van der Waals surface area contributed by atoms with E-state index in [1.807, 2.05) is 60.9 Å². The first-order valence-electron chi connectivity index (χ1n) is 13.0. The van der Waals surface area contributed by atoms with Gasteiger partial charge in [-0.1, -0.05) is 48.0 Å². The number of amidine groups is 2. The van der Waals surface area contributed by atoms with E-state index in [4.69, 9.17) is 26.7 Å². The van der Waals surface area contributed by atoms with E-state index in [9.17, 15) is 0 Å². The second kappa shape index (κ2) is 10.9. The van der Waals surface area contributed by atoms with E-state index in [0.29, 0.717) is 30.1 Å². The van der Waals surface area contributed by atoms with Crippen molar-refractivity contribution in [3.05, 3.63) is 95.4 Å². The highest BCUT2D eigenvalue weighted by Crippen LogP contribution is 2.33. The molecule has 2 fully saturated rings. The molecular formula is C30H29ClN6O. The van der Waals surface area contributed by atoms with Crippen LogP contribution < -0.4 is 5.32 Å². The highest BCUT2D eigenvalue weighted by molar-refractivity contribution is 6.36. The number of fused-ring (bicyclic) bond motifs is 3. The van der Waals surface area contributed by atoms with Crippen molar-refractivity contribution in [2.24, 2.45) is 4.99 Å². The molecule has 7 nitrogen and oxygen atoms in total. The van der Waals surface area contributed by atoms with Gasteiger partial charge < -0.3 is 15.0 Å². The predicted octanol–water partition coefficient (Wildman–Crippen LogP) is 5.33. The Hall–Kier alpha value is -3.81. The molecule has 0 amide bonds. The standard InChI is InChI=1S/C30H29ClN6O/c31-26-8-2-6-21-5-1-7-25(28(21)26)27-12-9-22(17-34-27)29(37-18-23-10-11-24(19-37)35-23)36-30(32)38-15-13-20-4-3-14-33-16-20/h1-9,12,14,16-17,23-24,32,35H,10-11,13,15,18-19H2/b32-30?,36-29+. The summed E-state index contributed by atoms with van der Waals surface area (Å²) >= 11 is 6.57. The van der Waals surface area contributed by atoms with Gasteiger partial charge in [0.2, 0.25) is 0 Å². The van der Waals surface area contributed by atoms with Crippen LogP contribution in [0.15, 0.2) is 84.2 Å². The summed E-state index contributed by atoms with van der Waals surface area (Å²) < 4.78 is 5.70. The maximum atomic E-state index is 8.46. The summed E-state index contributed by atoms with van der Waals surface area (Å²) in [6, 6.07) is 20.8. The largest absolute Gasteiger partial charge is 0.463 e. The van der Waals surface area contributed by atoms with Gasteiger partial charge in [-0.15, -0.1) is 0 Å². The summed E-state index contributed by atoms with van der Waals surface area (Å²) in [5, 5.41) is 14.9. The van der Waals surface area contributed by atoms with Crippen LogP contribution in [0.3, 0.4) is 0 Å². The number of piperazine rings is 1. The monoisotopic (exact) mass is 524 g/mol. The molecule has 38 heavy (non-hydrogen) atoms. The Labute approximate surface area is 227 Å². The third kappa shape index (κ3) is 5.26. The number of aromatic nitrogens is 2. The molecule has 4 aromatic rings. The minimum Gasteiger partial charge on any atom is -0.463 e. The summed E-state index contributed by atoms with van der Waals surface area (Å²) in [6.45, 7) is 2.06. The van der Waals surface area contributed by atoms with Gasteiger partial charge in [-0.2, -0.15) is 4.99 Å². The zero-order valence-corrected chi connectivity index (χ0v) is 21.7. The number of hydrogen-bond donors (Lipinski definition) is 2. The van der Waals surface area contributed by atoms with Gasteiger partial charge in [0, 0.05) is 71.7 Å². The number of benzene rings is 2. The van der Waals surface area contributed by atoms with Gasteiger partial charge in [0.1, 0.15) is 5.84 Å². The maximum Gasteiger partial charge on any atom is 0.310 e. The smallest absolute Gasteiger partial charge is 0.310 e. The summed E-state index contributed by atoms with van der Waals surface area (Å²) in [4.78, 5) is 15.9. The number of aliphatic imine (C=N–C) groups is 1. The fourth-order valence-electron chi connectivity index (χ4n) is 5.42. The minimum absolute atomic E-state index is 0.0975. The number of halogens is 1. The van der Waals surface area contributed by atoms with Crippen LogP contribution >= 0.6 is 11.6 Å². The number of ether oxygens (including phenoxy) is 1. The van der Waals surface area contributed by atoms with E-state index in [1.54, 1.807) is 6.20 Å². The molecule has 2 atom stereocenters. The molecule has 0 spiro atoms. The zero-order chi connectivity index (χ0) is 25.9. The average Bonchev–Trinajstić information content (AvgIpc) is 3.29. The van der Waals surface area contributed by atoms with E-state index in [0.717, 1.165) is 64.9 Å². The molecule has 8 heteroatoms. The molecule has 2 bridgehead atoms. The van der Waals surface area contributed by atoms with Crippen LogP contribution in [0.1, 0.15) is 24.0 Å². The summed E-state index contributed by atoms with van der Waals surface area (Å²) in [5.41, 5.74) is 3.76. The molecule has 2 aliphatic heterocycles. The molecule has 0 radical (unpaired) electrons. The molecule has 0 saturated carbocycles.